The topological polar surface area (TPSA) is 121 Å². The van der Waals surface area contributed by atoms with E-state index in [1.54, 1.807) is 0 Å². The van der Waals surface area contributed by atoms with Gasteiger partial charge in [-0.2, -0.15) is 0 Å². The summed E-state index contributed by atoms with van der Waals surface area (Å²) in [5, 5.41) is 0. The Bertz CT molecular complexity index is 405. The van der Waals surface area contributed by atoms with Crippen LogP contribution in [0.1, 0.15) is 104 Å². The van der Waals surface area contributed by atoms with Crippen molar-refractivity contribution in [2.45, 2.75) is 110 Å². The average molecular weight is 403 g/mol. The molecule has 0 aliphatic heterocycles. The van der Waals surface area contributed by atoms with E-state index in [4.69, 9.17) is 4.74 Å². The molecule has 1 atom stereocenters. The summed E-state index contributed by atoms with van der Waals surface area (Å²) in [6.45, 7) is 4.59. The molecule has 0 spiro atoms. The van der Waals surface area contributed by atoms with Crippen molar-refractivity contribution in [1.82, 2.24) is 0 Å². The molecule has 168 valence electrons. The van der Waals surface area contributed by atoms with E-state index in [2.05, 4.69) is 13.8 Å². The molecule has 3 saturated carbocycles. The van der Waals surface area contributed by atoms with E-state index >= 15 is 0 Å². The number of carbonyl (C=O) groups excluding carboxylic acids is 1. The molecule has 0 aromatic rings. The van der Waals surface area contributed by atoms with Crippen molar-refractivity contribution in [3.8, 4) is 0 Å². The largest absolute Gasteiger partial charge is 0.462 e. The Morgan fingerprint density at radius 1 is 0.786 bits per heavy atom. The minimum absolute atomic E-state index is 0. The lowest BCUT2D eigenvalue weighted by molar-refractivity contribution is -0.159. The maximum atomic E-state index is 12.7. The highest BCUT2D eigenvalue weighted by molar-refractivity contribution is 5.72. The Hall–Kier alpha value is -0.650. The van der Waals surface area contributed by atoms with E-state index in [-0.39, 0.29) is 34.4 Å². The lowest BCUT2D eigenvalue weighted by Crippen LogP contribution is -2.33. The monoisotopic (exact) mass is 402 g/mol. The zero-order valence-electron chi connectivity index (χ0n) is 18.2. The van der Waals surface area contributed by atoms with Crippen molar-refractivity contribution in [2.75, 3.05) is 0 Å². The molecule has 6 N–H and O–H groups in total. The molecule has 0 bridgehead atoms. The summed E-state index contributed by atoms with van der Waals surface area (Å²) in [5.41, 5.74) is 0. The molecular formula is C23H46O5. The second-order valence-corrected chi connectivity index (χ2v) is 9.41. The first kappa shape index (κ1) is 27.4. The summed E-state index contributed by atoms with van der Waals surface area (Å²) in [4.78, 5) is 12.7. The van der Waals surface area contributed by atoms with Gasteiger partial charge in [-0.25, -0.2) is 0 Å². The molecule has 0 aromatic heterocycles. The van der Waals surface area contributed by atoms with Crippen LogP contribution in [0.5, 0.6) is 0 Å². The number of carbonyl (C=O) groups is 1. The fourth-order valence-corrected chi connectivity index (χ4v) is 5.85. The Morgan fingerprint density at radius 2 is 1.29 bits per heavy atom. The van der Waals surface area contributed by atoms with Crippen molar-refractivity contribution in [3.05, 3.63) is 0 Å². The Balaban J connectivity index is 0.00000243. The number of rotatable bonds is 5. The van der Waals surface area contributed by atoms with Crippen molar-refractivity contribution in [1.29, 1.82) is 0 Å². The number of hydrogen-bond acceptors (Lipinski definition) is 2. The first-order valence-corrected chi connectivity index (χ1v) is 11.4. The SMILES string of the molecule is CCC(OC(=O)C1CCC(C2CCC(C)CC2)CC1)C1CCCCC1.O.O.O. The van der Waals surface area contributed by atoms with E-state index in [0.29, 0.717) is 5.92 Å². The van der Waals surface area contributed by atoms with Gasteiger partial charge in [-0.1, -0.05) is 46.0 Å². The molecule has 0 heterocycles. The minimum Gasteiger partial charge on any atom is -0.462 e. The third-order valence-electron chi connectivity index (χ3n) is 7.68. The summed E-state index contributed by atoms with van der Waals surface area (Å²) in [6, 6.07) is 0. The standard InChI is InChI=1S/C23H40O2.3H2O/c1-3-22(20-7-5-4-6-8-20)25-23(24)21-15-13-19(14-16-21)18-11-9-17(2)10-12-18;;;/h17-22H,3-16H2,1-2H3;3*1H2. The third-order valence-corrected chi connectivity index (χ3v) is 7.68. The van der Waals surface area contributed by atoms with E-state index in [1.165, 1.54) is 70.6 Å². The summed E-state index contributed by atoms with van der Waals surface area (Å²) < 4.78 is 6.03. The van der Waals surface area contributed by atoms with Crippen LogP contribution >= 0.6 is 0 Å². The van der Waals surface area contributed by atoms with Gasteiger partial charge in [-0.3, -0.25) is 4.79 Å². The fraction of sp³-hybridized carbons (Fsp3) is 0.957. The van der Waals surface area contributed by atoms with Gasteiger partial charge in [0.15, 0.2) is 0 Å². The minimum atomic E-state index is 0. The lowest BCUT2D eigenvalue weighted by atomic mass is 9.69. The molecule has 3 aliphatic carbocycles. The van der Waals surface area contributed by atoms with Crippen LogP contribution in [-0.2, 0) is 9.53 Å². The summed E-state index contributed by atoms with van der Waals surface area (Å²) in [5.74, 6) is 3.72. The maximum absolute atomic E-state index is 12.7. The van der Waals surface area contributed by atoms with E-state index in [1.807, 2.05) is 0 Å². The molecule has 5 nitrogen and oxygen atoms in total. The zero-order valence-corrected chi connectivity index (χ0v) is 18.2. The zero-order chi connectivity index (χ0) is 17.6. The lowest BCUT2D eigenvalue weighted by Gasteiger charge is -2.37. The van der Waals surface area contributed by atoms with Crippen LogP contribution in [0.4, 0.5) is 0 Å². The second kappa shape index (κ2) is 13.6. The Kier molecular flexibility index (Phi) is 13.2. The summed E-state index contributed by atoms with van der Waals surface area (Å²) >= 11 is 0. The summed E-state index contributed by atoms with van der Waals surface area (Å²) in [7, 11) is 0. The molecule has 5 heteroatoms. The molecular weight excluding hydrogens is 356 g/mol. The highest BCUT2D eigenvalue weighted by Gasteiger charge is 2.34. The third kappa shape index (κ3) is 7.31. The van der Waals surface area contributed by atoms with Gasteiger partial charge >= 0.3 is 5.97 Å². The fourth-order valence-electron chi connectivity index (χ4n) is 5.85. The van der Waals surface area contributed by atoms with Crippen LogP contribution in [0.15, 0.2) is 0 Å². The first-order chi connectivity index (χ1) is 12.2. The van der Waals surface area contributed by atoms with Crippen molar-refractivity contribution in [3.63, 3.8) is 0 Å². The van der Waals surface area contributed by atoms with Gasteiger partial charge in [-0.15, -0.1) is 0 Å². The van der Waals surface area contributed by atoms with Crippen LogP contribution in [0.25, 0.3) is 0 Å². The highest BCUT2D eigenvalue weighted by Crippen LogP contribution is 2.41. The molecule has 0 radical (unpaired) electrons. The van der Waals surface area contributed by atoms with E-state index in [9.17, 15) is 4.79 Å². The molecule has 3 rings (SSSR count). The Morgan fingerprint density at radius 3 is 1.79 bits per heavy atom. The quantitative estimate of drug-likeness (QED) is 0.644. The van der Waals surface area contributed by atoms with Gasteiger partial charge in [0.05, 0.1) is 5.92 Å². The van der Waals surface area contributed by atoms with Gasteiger partial charge in [0.2, 0.25) is 0 Å². The van der Waals surface area contributed by atoms with Crippen molar-refractivity contribution < 1.29 is 26.0 Å². The van der Waals surface area contributed by atoms with Gasteiger partial charge in [0.25, 0.3) is 0 Å². The number of hydrogen-bond donors (Lipinski definition) is 0. The smallest absolute Gasteiger partial charge is 0.309 e. The highest BCUT2D eigenvalue weighted by atomic mass is 16.5. The average Bonchev–Trinajstić information content (AvgIpc) is 2.67. The van der Waals surface area contributed by atoms with Crippen molar-refractivity contribution >= 4 is 5.97 Å². The predicted octanol–water partition coefficient (Wildman–Crippen LogP) is 4.05. The predicted molar refractivity (Wildman–Crippen MR) is 114 cm³/mol. The normalized spacial score (nSPS) is 32.1. The second-order valence-electron chi connectivity index (χ2n) is 9.41. The maximum Gasteiger partial charge on any atom is 0.309 e. The van der Waals surface area contributed by atoms with E-state index in [0.717, 1.165) is 37.0 Å². The number of ether oxygens (including phenoxy) is 1. The van der Waals surface area contributed by atoms with Crippen LogP contribution in [0.3, 0.4) is 0 Å². The van der Waals surface area contributed by atoms with Crippen molar-refractivity contribution in [2.24, 2.45) is 29.6 Å². The van der Waals surface area contributed by atoms with Crippen LogP contribution < -0.4 is 0 Å². The first-order valence-electron chi connectivity index (χ1n) is 11.4. The molecule has 0 saturated heterocycles. The van der Waals surface area contributed by atoms with E-state index < -0.39 is 0 Å². The molecule has 0 aromatic carbocycles. The van der Waals surface area contributed by atoms with Crippen LogP contribution in [0.2, 0.25) is 0 Å². The molecule has 3 fully saturated rings. The number of esters is 1. The van der Waals surface area contributed by atoms with Gasteiger partial charge in [-0.05, 0) is 81.5 Å². The molecule has 1 unspecified atom stereocenters. The Labute approximate surface area is 171 Å². The van der Waals surface area contributed by atoms with Crippen LogP contribution in [0, 0.1) is 29.6 Å². The van der Waals surface area contributed by atoms with Gasteiger partial charge in [0, 0.05) is 0 Å². The summed E-state index contributed by atoms with van der Waals surface area (Å²) in [6.07, 6.45) is 18.1. The van der Waals surface area contributed by atoms with Gasteiger partial charge in [0.1, 0.15) is 6.10 Å². The molecule has 0 amide bonds. The molecule has 28 heavy (non-hydrogen) atoms. The molecule has 3 aliphatic rings. The van der Waals surface area contributed by atoms with Crippen LogP contribution in [-0.4, -0.2) is 28.5 Å². The van der Waals surface area contributed by atoms with Gasteiger partial charge < -0.3 is 21.2 Å².